The Morgan fingerprint density at radius 1 is 0.970 bits per heavy atom. The Hall–Kier alpha value is -2.95. The highest BCUT2D eigenvalue weighted by atomic mass is 35.5. The average Bonchev–Trinajstić information content (AvgIpc) is 2.74. The minimum Gasteiger partial charge on any atom is -0.324 e. The maximum atomic E-state index is 13.4. The van der Waals surface area contributed by atoms with Gasteiger partial charge in [0, 0.05) is 5.02 Å². The van der Waals surface area contributed by atoms with Gasteiger partial charge in [-0.1, -0.05) is 41.9 Å². The van der Waals surface area contributed by atoms with Gasteiger partial charge in [-0.3, -0.25) is 4.79 Å². The molecule has 0 spiro atoms. The normalized spacial score (nSPS) is 12.9. The van der Waals surface area contributed by atoms with Crippen molar-refractivity contribution < 1.29 is 30.8 Å². The largest absolute Gasteiger partial charge is 0.418 e. The number of anilines is 1. The number of nitrogens with one attached hydrogen (secondary N) is 2. The van der Waals surface area contributed by atoms with Crippen molar-refractivity contribution >= 4 is 33.2 Å². The molecule has 11 heteroatoms. The monoisotopic (exact) mass is 500 g/mol. The van der Waals surface area contributed by atoms with Crippen molar-refractivity contribution in [2.75, 3.05) is 5.32 Å². The van der Waals surface area contributed by atoms with Crippen molar-refractivity contribution in [1.29, 1.82) is 0 Å². The van der Waals surface area contributed by atoms with Crippen molar-refractivity contribution in [3.8, 4) is 0 Å². The predicted octanol–water partition coefficient (Wildman–Crippen LogP) is 5.03. The van der Waals surface area contributed by atoms with Crippen LogP contribution >= 0.6 is 11.6 Å². The quantitative estimate of drug-likeness (QED) is 0.447. The van der Waals surface area contributed by atoms with Gasteiger partial charge >= 0.3 is 6.18 Å². The van der Waals surface area contributed by atoms with E-state index in [2.05, 4.69) is 10.0 Å². The molecule has 0 heterocycles. The van der Waals surface area contributed by atoms with Crippen molar-refractivity contribution in [3.63, 3.8) is 0 Å². The highest BCUT2D eigenvalue weighted by Crippen LogP contribution is 2.36. The molecule has 0 aromatic heterocycles. The van der Waals surface area contributed by atoms with Crippen LogP contribution in [0.4, 0.5) is 23.2 Å². The number of benzene rings is 3. The maximum Gasteiger partial charge on any atom is 0.418 e. The maximum absolute atomic E-state index is 13.4. The second-order valence-electron chi connectivity index (χ2n) is 6.99. The Morgan fingerprint density at radius 2 is 1.61 bits per heavy atom. The molecule has 0 saturated carbocycles. The Kier molecular flexibility index (Phi) is 7.41. The lowest BCUT2D eigenvalue weighted by Crippen LogP contribution is -2.45. The Balaban J connectivity index is 1.93. The highest BCUT2D eigenvalue weighted by Gasteiger charge is 2.35. The molecule has 0 bridgehead atoms. The molecule has 0 radical (unpaired) electrons. The fraction of sp³-hybridized carbons (Fsp3) is 0.136. The van der Waals surface area contributed by atoms with Gasteiger partial charge in [-0.15, -0.1) is 0 Å². The number of alkyl halides is 3. The van der Waals surface area contributed by atoms with E-state index in [1.165, 1.54) is 6.07 Å². The topological polar surface area (TPSA) is 75.3 Å². The van der Waals surface area contributed by atoms with E-state index in [1.807, 2.05) is 0 Å². The van der Waals surface area contributed by atoms with Crippen molar-refractivity contribution in [3.05, 3.63) is 94.8 Å². The minimum atomic E-state index is -4.81. The zero-order valence-corrected chi connectivity index (χ0v) is 18.3. The van der Waals surface area contributed by atoms with Crippen molar-refractivity contribution in [1.82, 2.24) is 4.72 Å². The Morgan fingerprint density at radius 3 is 2.21 bits per heavy atom. The van der Waals surface area contributed by atoms with Crippen LogP contribution in [0.1, 0.15) is 11.1 Å². The van der Waals surface area contributed by atoms with E-state index < -0.39 is 45.2 Å². The van der Waals surface area contributed by atoms with E-state index >= 15 is 0 Å². The number of halogens is 5. The summed E-state index contributed by atoms with van der Waals surface area (Å²) in [6, 6.07) is 13.5. The van der Waals surface area contributed by atoms with Gasteiger partial charge in [0.1, 0.15) is 11.9 Å². The van der Waals surface area contributed by atoms with Gasteiger partial charge in [-0.2, -0.15) is 17.9 Å². The SMILES string of the molecule is O=C(Nc1ccc(Cl)cc1C(F)(F)F)[C@H](Cc1ccccc1)NS(=O)(=O)c1ccc(F)cc1. The Labute approximate surface area is 192 Å². The Bertz CT molecular complexity index is 1230. The van der Waals surface area contributed by atoms with Crippen LogP contribution in [0.25, 0.3) is 0 Å². The summed E-state index contributed by atoms with van der Waals surface area (Å²) in [5.41, 5.74) is -1.19. The molecule has 2 N–H and O–H groups in total. The summed E-state index contributed by atoms with van der Waals surface area (Å²) < 4.78 is 81.1. The lowest BCUT2D eigenvalue weighted by Gasteiger charge is -2.20. The van der Waals surface area contributed by atoms with Crippen LogP contribution in [0.3, 0.4) is 0 Å². The van der Waals surface area contributed by atoms with Crippen LogP contribution in [-0.4, -0.2) is 20.4 Å². The summed E-state index contributed by atoms with van der Waals surface area (Å²) in [5.74, 6) is -1.67. The minimum absolute atomic E-state index is 0.151. The van der Waals surface area contributed by atoms with Gasteiger partial charge in [0.2, 0.25) is 15.9 Å². The zero-order chi connectivity index (χ0) is 24.2. The molecule has 0 unspecified atom stereocenters. The smallest absolute Gasteiger partial charge is 0.324 e. The molecule has 3 aromatic rings. The van der Waals surface area contributed by atoms with Crippen molar-refractivity contribution in [2.24, 2.45) is 0 Å². The van der Waals surface area contributed by atoms with Gasteiger partial charge in [-0.25, -0.2) is 12.8 Å². The molecule has 0 aliphatic heterocycles. The first-order chi connectivity index (χ1) is 15.5. The third-order valence-electron chi connectivity index (χ3n) is 4.57. The van der Waals surface area contributed by atoms with E-state index in [-0.39, 0.29) is 16.3 Å². The fourth-order valence-electron chi connectivity index (χ4n) is 2.99. The van der Waals surface area contributed by atoms with Gasteiger partial charge < -0.3 is 5.32 Å². The van der Waals surface area contributed by atoms with Crippen LogP contribution in [0, 0.1) is 5.82 Å². The molecule has 0 aliphatic rings. The summed E-state index contributed by atoms with van der Waals surface area (Å²) in [6.45, 7) is 0. The van der Waals surface area contributed by atoms with Crippen LogP contribution in [0.2, 0.25) is 5.02 Å². The lowest BCUT2D eigenvalue weighted by molar-refractivity contribution is -0.137. The number of carbonyl (C=O) groups is 1. The molecule has 3 aromatic carbocycles. The number of rotatable bonds is 7. The molecule has 33 heavy (non-hydrogen) atoms. The molecule has 5 nitrogen and oxygen atoms in total. The number of hydrogen-bond donors (Lipinski definition) is 2. The predicted molar refractivity (Wildman–Crippen MR) is 116 cm³/mol. The summed E-state index contributed by atoms with van der Waals surface area (Å²) >= 11 is 5.66. The van der Waals surface area contributed by atoms with Gasteiger partial charge in [-0.05, 0) is 54.4 Å². The summed E-state index contributed by atoms with van der Waals surface area (Å²) in [5, 5.41) is 1.96. The first-order valence-electron chi connectivity index (χ1n) is 9.45. The number of sulfonamides is 1. The molecular formula is C22H17ClF4N2O3S. The van der Waals surface area contributed by atoms with E-state index in [0.29, 0.717) is 11.6 Å². The summed E-state index contributed by atoms with van der Waals surface area (Å²) in [7, 11) is -4.30. The molecule has 0 fully saturated rings. The number of hydrogen-bond acceptors (Lipinski definition) is 3. The first-order valence-corrected chi connectivity index (χ1v) is 11.3. The van der Waals surface area contributed by atoms with Gasteiger partial charge in [0.15, 0.2) is 0 Å². The molecule has 0 aliphatic carbocycles. The third-order valence-corrected chi connectivity index (χ3v) is 6.29. The number of carbonyl (C=O) groups excluding carboxylic acids is 1. The van der Waals surface area contributed by atoms with Crippen LogP contribution in [0.15, 0.2) is 77.7 Å². The molecule has 3 rings (SSSR count). The van der Waals surface area contributed by atoms with Gasteiger partial charge in [0.25, 0.3) is 0 Å². The van der Waals surface area contributed by atoms with E-state index in [1.54, 1.807) is 30.3 Å². The van der Waals surface area contributed by atoms with Crippen molar-refractivity contribution in [2.45, 2.75) is 23.5 Å². The fourth-order valence-corrected chi connectivity index (χ4v) is 4.35. The molecule has 174 valence electrons. The second kappa shape index (κ2) is 9.90. The molecular weight excluding hydrogens is 484 g/mol. The average molecular weight is 501 g/mol. The molecule has 1 atom stereocenters. The van der Waals surface area contributed by atoms with E-state index in [9.17, 15) is 30.8 Å². The van der Waals surface area contributed by atoms with Crippen LogP contribution < -0.4 is 10.0 Å². The van der Waals surface area contributed by atoms with E-state index in [0.717, 1.165) is 30.3 Å². The lowest BCUT2D eigenvalue weighted by atomic mass is 10.1. The molecule has 1 amide bonds. The number of amides is 1. The standard InChI is InChI=1S/C22H17ClF4N2O3S/c23-15-6-11-19(18(13-15)22(25,26)27)28-21(30)20(12-14-4-2-1-3-5-14)29-33(31,32)17-9-7-16(24)8-10-17/h1-11,13,20,29H,12H2,(H,28,30)/t20-/m0/s1. The summed E-state index contributed by atoms with van der Waals surface area (Å²) in [4.78, 5) is 12.6. The van der Waals surface area contributed by atoms with Crippen LogP contribution in [-0.2, 0) is 27.4 Å². The van der Waals surface area contributed by atoms with Crippen LogP contribution in [0.5, 0.6) is 0 Å². The third kappa shape index (κ3) is 6.53. The zero-order valence-electron chi connectivity index (χ0n) is 16.7. The highest BCUT2D eigenvalue weighted by molar-refractivity contribution is 7.89. The second-order valence-corrected chi connectivity index (χ2v) is 9.14. The van der Waals surface area contributed by atoms with Gasteiger partial charge in [0.05, 0.1) is 16.1 Å². The molecule has 0 saturated heterocycles. The summed E-state index contributed by atoms with van der Waals surface area (Å²) in [6.07, 6.45) is -4.96. The first kappa shape index (κ1) is 24.7. The van der Waals surface area contributed by atoms with E-state index in [4.69, 9.17) is 11.6 Å².